The number of nitrogens with zero attached hydrogens (tertiary/aromatic N) is 2. The van der Waals surface area contributed by atoms with Crippen LogP contribution < -0.4 is 5.32 Å². The molecule has 1 aliphatic carbocycles. The maximum Gasteiger partial charge on any atom is 0.157 e. The third-order valence-corrected chi connectivity index (χ3v) is 4.68. The predicted molar refractivity (Wildman–Crippen MR) is 83.3 cm³/mol. The summed E-state index contributed by atoms with van der Waals surface area (Å²) in [5.74, 6) is 1.59. The molecule has 1 N–H and O–H groups in total. The highest BCUT2D eigenvalue weighted by molar-refractivity contribution is 5.32. The molecule has 21 heavy (non-hydrogen) atoms. The van der Waals surface area contributed by atoms with Gasteiger partial charge in [0, 0.05) is 37.6 Å². The fraction of sp³-hybridized carbons (Fsp3) is 0.765. The molecule has 1 aliphatic heterocycles. The molecule has 0 spiro atoms. The Balaban J connectivity index is 1.96. The van der Waals surface area contributed by atoms with Gasteiger partial charge in [-0.3, -0.25) is 0 Å². The van der Waals surface area contributed by atoms with Crippen molar-refractivity contribution in [3.8, 4) is 0 Å². The zero-order chi connectivity index (χ0) is 14.7. The molecule has 2 aliphatic rings. The molecule has 0 saturated heterocycles. The normalized spacial score (nSPS) is 19.9. The van der Waals surface area contributed by atoms with E-state index in [2.05, 4.69) is 19.2 Å². The van der Waals surface area contributed by atoms with Crippen LogP contribution in [0.2, 0.25) is 0 Å². The average Bonchev–Trinajstić information content (AvgIpc) is 2.45. The number of rotatable bonds is 6. The van der Waals surface area contributed by atoms with Crippen molar-refractivity contribution >= 4 is 0 Å². The first-order valence-corrected chi connectivity index (χ1v) is 8.55. The molecule has 3 rings (SSSR count). The van der Waals surface area contributed by atoms with Gasteiger partial charge in [-0.1, -0.05) is 19.8 Å². The number of hydrogen-bond donors (Lipinski definition) is 1. The molecule has 4 nitrogen and oxygen atoms in total. The fourth-order valence-electron chi connectivity index (χ4n) is 3.30. The summed E-state index contributed by atoms with van der Waals surface area (Å²) in [7, 11) is 0. The summed E-state index contributed by atoms with van der Waals surface area (Å²) in [6, 6.07) is 0. The smallest absolute Gasteiger partial charge is 0.157 e. The van der Waals surface area contributed by atoms with Crippen LogP contribution in [0, 0.1) is 0 Å². The number of fused-ring (bicyclic) bond motifs is 1. The standard InChI is InChI=1S/C17H27N3O/c1-3-6-15(21-4-2)17-19-14-9-10-18-11-13(14)16(20-17)12-7-5-8-12/h12,15,18H,3-11H2,1-2H3. The van der Waals surface area contributed by atoms with Gasteiger partial charge in [0.1, 0.15) is 6.10 Å². The van der Waals surface area contributed by atoms with E-state index in [-0.39, 0.29) is 6.10 Å². The molecule has 1 aromatic heterocycles. The number of aromatic nitrogens is 2. The second-order valence-electron chi connectivity index (χ2n) is 6.18. The van der Waals surface area contributed by atoms with Gasteiger partial charge in [-0.2, -0.15) is 0 Å². The van der Waals surface area contributed by atoms with Crippen LogP contribution in [0.1, 0.15) is 80.7 Å². The molecule has 1 saturated carbocycles. The second kappa shape index (κ2) is 6.84. The third kappa shape index (κ3) is 3.11. The van der Waals surface area contributed by atoms with Gasteiger partial charge in [-0.05, 0) is 26.2 Å². The molecule has 0 amide bonds. The SMILES string of the molecule is CCCC(OCC)c1nc2c(c(C3CCC3)n1)CNCC2. The number of hydrogen-bond acceptors (Lipinski definition) is 4. The average molecular weight is 289 g/mol. The first-order valence-electron chi connectivity index (χ1n) is 8.55. The molecule has 0 aromatic carbocycles. The van der Waals surface area contributed by atoms with Crippen molar-refractivity contribution in [1.29, 1.82) is 0 Å². The first-order chi connectivity index (χ1) is 10.3. The van der Waals surface area contributed by atoms with Gasteiger partial charge in [0.05, 0.1) is 11.4 Å². The summed E-state index contributed by atoms with van der Waals surface area (Å²) < 4.78 is 5.91. The predicted octanol–water partition coefficient (Wildman–Crippen LogP) is 3.27. The Bertz CT molecular complexity index is 479. The van der Waals surface area contributed by atoms with Crippen molar-refractivity contribution in [2.75, 3.05) is 13.2 Å². The van der Waals surface area contributed by atoms with Crippen LogP contribution in [0.3, 0.4) is 0 Å². The van der Waals surface area contributed by atoms with E-state index in [4.69, 9.17) is 14.7 Å². The maximum atomic E-state index is 5.91. The van der Waals surface area contributed by atoms with Crippen LogP contribution in [-0.2, 0) is 17.7 Å². The maximum absolute atomic E-state index is 5.91. The molecule has 4 heteroatoms. The summed E-state index contributed by atoms with van der Waals surface area (Å²) in [5, 5.41) is 3.47. The molecule has 0 bridgehead atoms. The lowest BCUT2D eigenvalue weighted by molar-refractivity contribution is 0.0488. The van der Waals surface area contributed by atoms with Crippen LogP contribution in [-0.4, -0.2) is 23.1 Å². The number of nitrogens with one attached hydrogen (secondary N) is 1. The minimum Gasteiger partial charge on any atom is -0.371 e. The quantitative estimate of drug-likeness (QED) is 0.873. The lowest BCUT2D eigenvalue weighted by Gasteiger charge is -2.30. The van der Waals surface area contributed by atoms with E-state index in [1.54, 1.807) is 0 Å². The Morgan fingerprint density at radius 2 is 2.14 bits per heavy atom. The third-order valence-electron chi connectivity index (χ3n) is 4.68. The molecule has 2 heterocycles. The van der Waals surface area contributed by atoms with Crippen molar-refractivity contribution in [2.24, 2.45) is 0 Å². The van der Waals surface area contributed by atoms with Crippen LogP contribution in [0.4, 0.5) is 0 Å². The zero-order valence-corrected chi connectivity index (χ0v) is 13.3. The Kier molecular flexibility index (Phi) is 4.86. The highest BCUT2D eigenvalue weighted by Gasteiger charge is 2.29. The highest BCUT2D eigenvalue weighted by Crippen LogP contribution is 2.38. The van der Waals surface area contributed by atoms with Gasteiger partial charge < -0.3 is 10.1 Å². The second-order valence-corrected chi connectivity index (χ2v) is 6.18. The largest absolute Gasteiger partial charge is 0.371 e. The van der Waals surface area contributed by atoms with E-state index in [9.17, 15) is 0 Å². The summed E-state index contributed by atoms with van der Waals surface area (Å²) in [4.78, 5) is 9.85. The molecule has 1 unspecified atom stereocenters. The van der Waals surface area contributed by atoms with E-state index < -0.39 is 0 Å². The topological polar surface area (TPSA) is 47.0 Å². The fourth-order valence-corrected chi connectivity index (χ4v) is 3.30. The minimum atomic E-state index is 0.0685. The minimum absolute atomic E-state index is 0.0685. The molecular weight excluding hydrogens is 262 g/mol. The first kappa shape index (κ1) is 14.9. The van der Waals surface area contributed by atoms with E-state index in [1.165, 1.54) is 36.2 Å². The highest BCUT2D eigenvalue weighted by atomic mass is 16.5. The lowest BCUT2D eigenvalue weighted by atomic mass is 9.80. The van der Waals surface area contributed by atoms with Gasteiger partial charge in [0.25, 0.3) is 0 Å². The Labute approximate surface area is 127 Å². The van der Waals surface area contributed by atoms with Crippen molar-refractivity contribution < 1.29 is 4.74 Å². The Hall–Kier alpha value is -1.00. The summed E-state index contributed by atoms with van der Waals surface area (Å²) in [5.41, 5.74) is 3.96. The van der Waals surface area contributed by atoms with Gasteiger partial charge in [-0.25, -0.2) is 9.97 Å². The van der Waals surface area contributed by atoms with Gasteiger partial charge in [0.15, 0.2) is 5.82 Å². The van der Waals surface area contributed by atoms with Gasteiger partial charge in [-0.15, -0.1) is 0 Å². The van der Waals surface area contributed by atoms with Crippen molar-refractivity contribution in [3.63, 3.8) is 0 Å². The van der Waals surface area contributed by atoms with Crippen molar-refractivity contribution in [2.45, 2.75) is 70.9 Å². The van der Waals surface area contributed by atoms with Gasteiger partial charge >= 0.3 is 0 Å². The van der Waals surface area contributed by atoms with Crippen LogP contribution >= 0.6 is 0 Å². The summed E-state index contributed by atoms with van der Waals surface area (Å²) >= 11 is 0. The summed E-state index contributed by atoms with van der Waals surface area (Å²) in [6.07, 6.45) is 7.12. The lowest BCUT2D eigenvalue weighted by Crippen LogP contribution is -2.29. The van der Waals surface area contributed by atoms with E-state index in [0.29, 0.717) is 5.92 Å². The van der Waals surface area contributed by atoms with Crippen LogP contribution in [0.15, 0.2) is 0 Å². The molecule has 1 atom stereocenters. The van der Waals surface area contributed by atoms with Crippen molar-refractivity contribution in [1.82, 2.24) is 15.3 Å². The van der Waals surface area contributed by atoms with Crippen LogP contribution in [0.5, 0.6) is 0 Å². The van der Waals surface area contributed by atoms with Crippen LogP contribution in [0.25, 0.3) is 0 Å². The zero-order valence-electron chi connectivity index (χ0n) is 13.3. The Morgan fingerprint density at radius 1 is 1.29 bits per heavy atom. The molecule has 0 radical (unpaired) electrons. The summed E-state index contributed by atoms with van der Waals surface area (Å²) in [6.45, 7) is 6.94. The molecule has 116 valence electrons. The van der Waals surface area contributed by atoms with E-state index in [0.717, 1.165) is 44.8 Å². The number of ether oxygens (including phenoxy) is 1. The Morgan fingerprint density at radius 3 is 2.81 bits per heavy atom. The molecule has 1 aromatic rings. The van der Waals surface area contributed by atoms with Crippen molar-refractivity contribution in [3.05, 3.63) is 22.8 Å². The molecule has 1 fully saturated rings. The van der Waals surface area contributed by atoms with Gasteiger partial charge in [0.2, 0.25) is 0 Å². The van der Waals surface area contributed by atoms with E-state index in [1.807, 2.05) is 0 Å². The van der Waals surface area contributed by atoms with E-state index >= 15 is 0 Å². The molecular formula is C17H27N3O. The monoisotopic (exact) mass is 289 g/mol.